The minimum absolute atomic E-state index is 0.478. The summed E-state index contributed by atoms with van der Waals surface area (Å²) in [4.78, 5) is 0. The van der Waals surface area contributed by atoms with Gasteiger partial charge in [0.2, 0.25) is 0 Å². The second kappa shape index (κ2) is 3.85. The molecule has 0 aliphatic rings. The average molecular weight is 168 g/mol. The lowest BCUT2D eigenvalue weighted by Gasteiger charge is -2.35. The summed E-state index contributed by atoms with van der Waals surface area (Å²) >= 11 is 0. The minimum Gasteiger partial charge on any atom is -0.0649 e. The van der Waals surface area contributed by atoms with E-state index in [-0.39, 0.29) is 0 Å². The molecule has 1 heteroatoms. The van der Waals surface area contributed by atoms with Crippen LogP contribution in [0.5, 0.6) is 0 Å². The fraction of sp³-hybridized carbons (Fsp3) is 1.00. The van der Waals surface area contributed by atoms with Crippen molar-refractivity contribution in [1.29, 1.82) is 0 Å². The average Bonchev–Trinajstić information content (AvgIpc) is 1.84. The Morgan fingerprint density at radius 3 is 1.75 bits per heavy atom. The Hall–Kier alpha value is 0.0649. The highest BCUT2D eigenvalue weighted by molar-refractivity contribution is 6.12. The van der Waals surface area contributed by atoms with E-state index in [1.54, 1.807) is 0 Å². The lowest BCUT2D eigenvalue weighted by molar-refractivity contribution is 0.249. The van der Waals surface area contributed by atoms with Crippen molar-refractivity contribution in [3.05, 3.63) is 0 Å². The van der Waals surface area contributed by atoms with Crippen LogP contribution in [0.4, 0.5) is 0 Å². The molecule has 0 heterocycles. The Balaban J connectivity index is 4.13. The van der Waals surface area contributed by atoms with E-state index in [0.717, 1.165) is 5.82 Å². The zero-order valence-electron chi connectivity index (χ0n) is 9.99. The van der Waals surface area contributed by atoms with Gasteiger partial charge in [-0.25, -0.2) is 0 Å². The van der Waals surface area contributed by atoms with E-state index >= 15 is 0 Å². The molecule has 0 radical (unpaired) electrons. The quantitative estimate of drug-likeness (QED) is 0.567. The van der Waals surface area contributed by atoms with Crippen LogP contribution in [-0.2, 0) is 0 Å². The lowest BCUT2D eigenvalue weighted by Crippen LogP contribution is -2.23. The zero-order chi connectivity index (χ0) is 9.99. The van der Waals surface area contributed by atoms with Gasteiger partial charge in [-0.15, -0.1) is 0 Å². The highest BCUT2D eigenvalue weighted by Gasteiger charge is 2.27. The fourth-order valence-corrected chi connectivity index (χ4v) is 1.54. The van der Waals surface area contributed by atoms with Crippen molar-refractivity contribution < 1.29 is 0 Å². The summed E-state index contributed by atoms with van der Waals surface area (Å²) in [5.74, 6) is 0.822. The topological polar surface area (TPSA) is 0 Å². The summed E-state index contributed by atoms with van der Waals surface area (Å²) < 4.78 is 0. The smallest absolute Gasteiger partial charge is 0.0649 e. The third-order valence-electron chi connectivity index (χ3n) is 3.16. The molecule has 0 aromatic carbocycles. The van der Waals surface area contributed by atoms with Crippen molar-refractivity contribution >= 4 is 7.85 Å². The first-order chi connectivity index (χ1) is 5.19. The summed E-state index contributed by atoms with van der Waals surface area (Å²) in [7, 11) is 2.38. The monoisotopic (exact) mass is 168 g/mol. The van der Waals surface area contributed by atoms with Gasteiger partial charge in [-0.1, -0.05) is 60.2 Å². The van der Waals surface area contributed by atoms with Gasteiger partial charge in [0.25, 0.3) is 0 Å². The van der Waals surface area contributed by atoms with Crippen LogP contribution in [0.1, 0.15) is 54.4 Å². The van der Waals surface area contributed by atoms with E-state index in [2.05, 4.69) is 49.4 Å². The number of hydrogen-bond donors (Lipinski definition) is 0. The standard InChI is InChI=1S/C11H25B/c1-7-11(5,6)9(12)8-10(2,3)4/h9H,7-8,12H2,1-6H3. The van der Waals surface area contributed by atoms with Crippen molar-refractivity contribution in [1.82, 2.24) is 0 Å². The molecular formula is C11H25B. The second-order valence-corrected chi connectivity index (χ2v) is 6.01. The predicted molar refractivity (Wildman–Crippen MR) is 60.4 cm³/mol. The van der Waals surface area contributed by atoms with E-state index in [0.29, 0.717) is 10.8 Å². The molecule has 0 aliphatic heterocycles. The number of hydrogen-bond acceptors (Lipinski definition) is 0. The van der Waals surface area contributed by atoms with Crippen LogP contribution in [-0.4, -0.2) is 7.85 Å². The van der Waals surface area contributed by atoms with Crippen LogP contribution in [0, 0.1) is 10.8 Å². The van der Waals surface area contributed by atoms with Crippen molar-refractivity contribution in [3.8, 4) is 0 Å². The highest BCUT2D eigenvalue weighted by Crippen LogP contribution is 2.40. The largest absolute Gasteiger partial charge is 0.106 e. The zero-order valence-corrected chi connectivity index (χ0v) is 9.99. The summed E-state index contributed by atoms with van der Waals surface area (Å²) in [6, 6.07) is 0. The molecular weight excluding hydrogens is 143 g/mol. The Kier molecular flexibility index (Phi) is 3.87. The van der Waals surface area contributed by atoms with Gasteiger partial charge in [0, 0.05) is 0 Å². The molecule has 0 bridgehead atoms. The van der Waals surface area contributed by atoms with E-state index in [1.165, 1.54) is 12.8 Å². The maximum Gasteiger partial charge on any atom is 0.106 e. The molecule has 0 spiro atoms. The summed E-state index contributed by atoms with van der Waals surface area (Å²) in [6.07, 6.45) is 2.61. The van der Waals surface area contributed by atoms with E-state index in [4.69, 9.17) is 0 Å². The van der Waals surface area contributed by atoms with Gasteiger partial charge < -0.3 is 0 Å². The first-order valence-corrected chi connectivity index (χ1v) is 5.19. The Labute approximate surface area is 79.5 Å². The SMILES string of the molecule is BC(CC(C)(C)C)C(C)(C)CC. The Bertz CT molecular complexity index is 130. The molecule has 0 aromatic rings. The van der Waals surface area contributed by atoms with Crippen molar-refractivity contribution in [2.45, 2.75) is 60.2 Å². The molecule has 1 unspecified atom stereocenters. The van der Waals surface area contributed by atoms with Crippen LogP contribution in [0.2, 0.25) is 5.82 Å². The van der Waals surface area contributed by atoms with Crippen LogP contribution in [0.25, 0.3) is 0 Å². The summed E-state index contributed by atoms with van der Waals surface area (Å²) in [5.41, 5.74) is 0.985. The van der Waals surface area contributed by atoms with Crippen molar-refractivity contribution in [2.24, 2.45) is 10.8 Å². The molecule has 0 amide bonds. The molecule has 0 nitrogen and oxygen atoms in total. The van der Waals surface area contributed by atoms with Gasteiger partial charge in [0.15, 0.2) is 0 Å². The molecule has 0 aliphatic carbocycles. The maximum absolute atomic E-state index is 2.38. The molecule has 72 valence electrons. The fourth-order valence-electron chi connectivity index (χ4n) is 1.54. The number of rotatable bonds is 3. The van der Waals surface area contributed by atoms with Crippen LogP contribution in [0.15, 0.2) is 0 Å². The van der Waals surface area contributed by atoms with Gasteiger partial charge in [0.1, 0.15) is 7.85 Å². The van der Waals surface area contributed by atoms with Gasteiger partial charge >= 0.3 is 0 Å². The Morgan fingerprint density at radius 2 is 1.50 bits per heavy atom. The third kappa shape index (κ3) is 4.18. The molecule has 0 saturated carbocycles. The first-order valence-electron chi connectivity index (χ1n) is 5.19. The van der Waals surface area contributed by atoms with E-state index in [9.17, 15) is 0 Å². The van der Waals surface area contributed by atoms with E-state index in [1.807, 2.05) is 0 Å². The lowest BCUT2D eigenvalue weighted by atomic mass is 9.61. The molecule has 0 aromatic heterocycles. The molecule has 0 fully saturated rings. The highest BCUT2D eigenvalue weighted by atomic mass is 14.3. The third-order valence-corrected chi connectivity index (χ3v) is 3.16. The normalized spacial score (nSPS) is 16.2. The van der Waals surface area contributed by atoms with Gasteiger partial charge in [0.05, 0.1) is 0 Å². The van der Waals surface area contributed by atoms with Gasteiger partial charge in [-0.2, -0.15) is 0 Å². The maximum atomic E-state index is 2.38. The molecule has 1 atom stereocenters. The second-order valence-electron chi connectivity index (χ2n) is 6.01. The molecule has 0 N–H and O–H groups in total. The van der Waals surface area contributed by atoms with Gasteiger partial charge in [-0.05, 0) is 10.8 Å². The summed E-state index contributed by atoms with van der Waals surface area (Å²) in [5, 5.41) is 0. The minimum atomic E-state index is 0.478. The van der Waals surface area contributed by atoms with Crippen molar-refractivity contribution in [3.63, 3.8) is 0 Å². The van der Waals surface area contributed by atoms with Gasteiger partial charge in [-0.3, -0.25) is 0 Å². The first kappa shape index (κ1) is 12.1. The van der Waals surface area contributed by atoms with Crippen LogP contribution < -0.4 is 0 Å². The molecule has 0 rings (SSSR count). The van der Waals surface area contributed by atoms with Crippen LogP contribution in [0.3, 0.4) is 0 Å². The van der Waals surface area contributed by atoms with Crippen molar-refractivity contribution in [2.75, 3.05) is 0 Å². The molecule has 0 saturated heterocycles. The summed E-state index contributed by atoms with van der Waals surface area (Å²) in [6.45, 7) is 14.0. The Morgan fingerprint density at radius 1 is 1.08 bits per heavy atom. The van der Waals surface area contributed by atoms with Crippen LogP contribution >= 0.6 is 0 Å². The molecule has 12 heavy (non-hydrogen) atoms. The van der Waals surface area contributed by atoms with E-state index < -0.39 is 0 Å². The predicted octanol–water partition coefficient (Wildman–Crippen LogP) is 3.28.